The summed E-state index contributed by atoms with van der Waals surface area (Å²) in [4.78, 5) is 8.42. The minimum atomic E-state index is 0.759. The van der Waals surface area contributed by atoms with Gasteiger partial charge in [-0.05, 0) is 6.42 Å². The second kappa shape index (κ2) is 5.70. The zero-order valence-corrected chi connectivity index (χ0v) is 8.68. The largest absolute Gasteiger partial charge is 0.387 e. The molecule has 1 aromatic rings. The van der Waals surface area contributed by atoms with Gasteiger partial charge in [-0.1, -0.05) is 6.92 Å². The minimum Gasteiger partial charge on any atom is -0.387 e. The molecule has 0 bridgehead atoms. The van der Waals surface area contributed by atoms with Gasteiger partial charge in [-0.25, -0.2) is 4.98 Å². The summed E-state index contributed by atoms with van der Waals surface area (Å²) >= 11 is 1.62. The van der Waals surface area contributed by atoms with Crippen LogP contribution in [0.1, 0.15) is 25.5 Å². The Morgan fingerprint density at radius 1 is 1.69 bits per heavy atom. The normalized spacial score (nSPS) is 11.9. The monoisotopic (exact) mass is 197 g/mol. The van der Waals surface area contributed by atoms with Gasteiger partial charge in [0, 0.05) is 24.8 Å². The molecule has 3 nitrogen and oxygen atoms in total. The Hall–Kier alpha value is -0.900. The Morgan fingerprint density at radius 2 is 2.54 bits per heavy atom. The van der Waals surface area contributed by atoms with Gasteiger partial charge in [0.15, 0.2) is 0 Å². The summed E-state index contributed by atoms with van der Waals surface area (Å²) in [6.07, 6.45) is 2.86. The number of hydrogen-bond acceptors (Lipinski definition) is 3. The van der Waals surface area contributed by atoms with E-state index >= 15 is 0 Å². The van der Waals surface area contributed by atoms with Crippen molar-refractivity contribution in [2.45, 2.75) is 26.2 Å². The maximum atomic E-state index is 5.66. The lowest BCUT2D eigenvalue weighted by Gasteiger charge is -1.96. The number of amidine groups is 1. The topological polar surface area (TPSA) is 51.3 Å². The van der Waals surface area contributed by atoms with E-state index in [0.29, 0.717) is 0 Å². The van der Waals surface area contributed by atoms with Crippen molar-refractivity contribution in [3.63, 3.8) is 0 Å². The Labute approximate surface area is 82.7 Å². The smallest absolute Gasteiger partial charge is 0.0937 e. The van der Waals surface area contributed by atoms with E-state index in [4.69, 9.17) is 5.73 Å². The molecule has 0 amide bonds. The van der Waals surface area contributed by atoms with Gasteiger partial charge in [-0.3, -0.25) is 4.99 Å². The molecule has 0 fully saturated rings. The summed E-state index contributed by atoms with van der Waals surface area (Å²) in [6, 6.07) is 0. The van der Waals surface area contributed by atoms with Gasteiger partial charge in [0.05, 0.1) is 17.0 Å². The van der Waals surface area contributed by atoms with Gasteiger partial charge >= 0.3 is 0 Å². The van der Waals surface area contributed by atoms with Crippen molar-refractivity contribution < 1.29 is 0 Å². The number of aromatic nitrogens is 1. The molecule has 4 heteroatoms. The lowest BCUT2D eigenvalue weighted by atomic mass is 10.3. The summed E-state index contributed by atoms with van der Waals surface area (Å²) in [5.41, 5.74) is 8.61. The molecular weight excluding hydrogens is 182 g/mol. The number of thiazole rings is 1. The predicted octanol–water partition coefficient (Wildman–Crippen LogP) is 1.84. The molecule has 0 unspecified atom stereocenters. The molecule has 1 aromatic heterocycles. The van der Waals surface area contributed by atoms with Gasteiger partial charge in [-0.2, -0.15) is 0 Å². The second-order valence-corrected chi connectivity index (χ2v) is 3.57. The molecule has 0 radical (unpaired) electrons. The second-order valence-electron chi connectivity index (χ2n) is 2.85. The number of aliphatic imine (C=N–C) groups is 1. The molecule has 0 aromatic carbocycles. The molecule has 0 atom stereocenters. The Bertz CT molecular complexity index is 254. The van der Waals surface area contributed by atoms with Crippen LogP contribution in [-0.2, 0) is 6.42 Å². The van der Waals surface area contributed by atoms with Crippen LogP contribution in [0, 0.1) is 0 Å². The van der Waals surface area contributed by atoms with Crippen LogP contribution >= 0.6 is 11.3 Å². The van der Waals surface area contributed by atoms with Gasteiger partial charge in [0.2, 0.25) is 0 Å². The van der Waals surface area contributed by atoms with E-state index in [1.165, 1.54) is 0 Å². The van der Waals surface area contributed by atoms with Crippen LogP contribution < -0.4 is 5.73 Å². The minimum absolute atomic E-state index is 0.759. The first kappa shape index (κ1) is 10.2. The van der Waals surface area contributed by atoms with Crippen molar-refractivity contribution in [1.29, 1.82) is 0 Å². The van der Waals surface area contributed by atoms with E-state index in [1.54, 1.807) is 11.3 Å². The van der Waals surface area contributed by atoms with Gasteiger partial charge in [0.25, 0.3) is 0 Å². The lowest BCUT2D eigenvalue weighted by Crippen LogP contribution is -2.12. The Morgan fingerprint density at radius 3 is 3.15 bits per heavy atom. The third-order valence-electron chi connectivity index (χ3n) is 1.67. The summed E-state index contributed by atoms with van der Waals surface area (Å²) < 4.78 is 0. The molecule has 13 heavy (non-hydrogen) atoms. The third-order valence-corrected chi connectivity index (χ3v) is 2.31. The molecule has 0 aliphatic rings. The van der Waals surface area contributed by atoms with Crippen LogP contribution in [0.5, 0.6) is 0 Å². The van der Waals surface area contributed by atoms with Crippen LogP contribution in [0.4, 0.5) is 0 Å². The fourth-order valence-corrected chi connectivity index (χ4v) is 1.60. The SMILES string of the molecule is CCCC(N)=NCCc1cscn1. The molecule has 0 saturated carbocycles. The molecule has 0 saturated heterocycles. The highest BCUT2D eigenvalue weighted by molar-refractivity contribution is 7.07. The van der Waals surface area contributed by atoms with E-state index in [2.05, 4.69) is 16.9 Å². The van der Waals surface area contributed by atoms with Crippen molar-refractivity contribution in [3.8, 4) is 0 Å². The summed E-state index contributed by atoms with van der Waals surface area (Å²) in [7, 11) is 0. The molecule has 0 aliphatic carbocycles. The van der Waals surface area contributed by atoms with Crippen molar-refractivity contribution in [2.24, 2.45) is 10.7 Å². The lowest BCUT2D eigenvalue weighted by molar-refractivity contribution is 0.908. The molecule has 0 aliphatic heterocycles. The predicted molar refractivity (Wildman–Crippen MR) is 57.2 cm³/mol. The van der Waals surface area contributed by atoms with E-state index in [1.807, 2.05) is 10.9 Å². The quantitative estimate of drug-likeness (QED) is 0.578. The fourth-order valence-electron chi connectivity index (χ4n) is 1.01. The van der Waals surface area contributed by atoms with Gasteiger partial charge < -0.3 is 5.73 Å². The van der Waals surface area contributed by atoms with Crippen LogP contribution in [-0.4, -0.2) is 17.4 Å². The van der Waals surface area contributed by atoms with Crippen LogP contribution in [0.2, 0.25) is 0 Å². The zero-order chi connectivity index (χ0) is 9.52. The number of hydrogen-bond donors (Lipinski definition) is 1. The van der Waals surface area contributed by atoms with Crippen molar-refractivity contribution in [3.05, 3.63) is 16.6 Å². The zero-order valence-electron chi connectivity index (χ0n) is 7.86. The highest BCUT2D eigenvalue weighted by atomic mass is 32.1. The molecule has 1 heterocycles. The summed E-state index contributed by atoms with van der Waals surface area (Å²) in [5, 5.41) is 2.05. The number of rotatable bonds is 5. The fraction of sp³-hybridized carbons (Fsp3) is 0.556. The van der Waals surface area contributed by atoms with E-state index in [9.17, 15) is 0 Å². The van der Waals surface area contributed by atoms with Crippen LogP contribution in [0.25, 0.3) is 0 Å². The first-order chi connectivity index (χ1) is 6.33. The Balaban J connectivity index is 2.24. The molecule has 0 spiro atoms. The molecule has 72 valence electrons. The molecule has 1 rings (SSSR count). The average Bonchev–Trinajstić information content (AvgIpc) is 2.57. The van der Waals surface area contributed by atoms with E-state index < -0.39 is 0 Å². The van der Waals surface area contributed by atoms with Crippen LogP contribution in [0.3, 0.4) is 0 Å². The number of nitrogens with zero attached hydrogens (tertiary/aromatic N) is 2. The third kappa shape index (κ3) is 4.03. The maximum Gasteiger partial charge on any atom is 0.0937 e. The van der Waals surface area contributed by atoms with E-state index in [0.717, 1.165) is 37.3 Å². The summed E-state index contributed by atoms with van der Waals surface area (Å²) in [6.45, 7) is 2.86. The number of nitrogens with two attached hydrogens (primary N) is 1. The van der Waals surface area contributed by atoms with Crippen molar-refractivity contribution >= 4 is 17.2 Å². The van der Waals surface area contributed by atoms with Crippen molar-refractivity contribution in [2.75, 3.05) is 6.54 Å². The van der Waals surface area contributed by atoms with Gasteiger partial charge in [0.1, 0.15) is 0 Å². The standard InChI is InChI=1S/C9H15N3S/c1-2-3-9(10)11-5-4-8-6-13-7-12-8/h6-7H,2-5H2,1H3,(H2,10,11). The van der Waals surface area contributed by atoms with Crippen molar-refractivity contribution in [1.82, 2.24) is 4.98 Å². The van der Waals surface area contributed by atoms with Crippen LogP contribution in [0.15, 0.2) is 15.9 Å². The van der Waals surface area contributed by atoms with Gasteiger partial charge in [-0.15, -0.1) is 11.3 Å². The first-order valence-corrected chi connectivity index (χ1v) is 5.43. The Kier molecular flexibility index (Phi) is 4.46. The summed E-state index contributed by atoms with van der Waals surface area (Å²) in [5.74, 6) is 0.762. The molecular formula is C9H15N3S. The first-order valence-electron chi connectivity index (χ1n) is 4.48. The maximum absolute atomic E-state index is 5.66. The van der Waals surface area contributed by atoms with E-state index in [-0.39, 0.29) is 0 Å². The highest BCUT2D eigenvalue weighted by Gasteiger charge is 1.94. The molecule has 2 N–H and O–H groups in total. The highest BCUT2D eigenvalue weighted by Crippen LogP contribution is 2.01. The average molecular weight is 197 g/mol.